The first-order chi connectivity index (χ1) is 12.9. The zero-order valence-corrected chi connectivity index (χ0v) is 15.7. The zero-order valence-electron chi connectivity index (χ0n) is 15.7. The van der Waals surface area contributed by atoms with Crippen molar-refractivity contribution in [2.24, 2.45) is 0 Å². The fraction of sp³-hybridized carbons (Fsp3) is 0.286. The van der Waals surface area contributed by atoms with Gasteiger partial charge in [-0.25, -0.2) is 4.79 Å². The molecular weight excluding hydrogens is 346 g/mol. The summed E-state index contributed by atoms with van der Waals surface area (Å²) in [4.78, 5) is 35.6. The number of carbonyl (C=O) groups is 3. The molecular formula is C21H23NO5. The lowest BCUT2D eigenvalue weighted by molar-refractivity contribution is -0.115. The van der Waals surface area contributed by atoms with Gasteiger partial charge in [0.15, 0.2) is 12.4 Å². The number of benzene rings is 2. The largest absolute Gasteiger partial charge is 0.491 e. The van der Waals surface area contributed by atoms with Crippen molar-refractivity contribution in [3.63, 3.8) is 0 Å². The molecule has 142 valence electrons. The lowest BCUT2D eigenvalue weighted by Gasteiger charge is -2.10. The van der Waals surface area contributed by atoms with Crippen molar-refractivity contribution in [1.82, 2.24) is 0 Å². The fourth-order valence-electron chi connectivity index (χ4n) is 2.23. The summed E-state index contributed by atoms with van der Waals surface area (Å²) < 4.78 is 10.6. The lowest BCUT2D eigenvalue weighted by Crippen LogP contribution is -2.14. The molecule has 1 N–H and O–H groups in total. The molecule has 0 aliphatic carbocycles. The number of esters is 1. The van der Waals surface area contributed by atoms with Crippen molar-refractivity contribution < 1.29 is 23.9 Å². The number of ketones is 1. The SMILES string of the molecule is CCC(=O)Nc1ccc(C(=O)COC(=O)c2ccc(OC(C)C)cc2)cc1. The predicted molar refractivity (Wildman–Crippen MR) is 102 cm³/mol. The molecule has 0 unspecified atom stereocenters. The first-order valence-electron chi connectivity index (χ1n) is 8.76. The smallest absolute Gasteiger partial charge is 0.338 e. The fourth-order valence-corrected chi connectivity index (χ4v) is 2.23. The van der Waals surface area contributed by atoms with Crippen LogP contribution in [0.25, 0.3) is 0 Å². The van der Waals surface area contributed by atoms with Crippen molar-refractivity contribution >= 4 is 23.3 Å². The molecule has 2 aromatic carbocycles. The van der Waals surface area contributed by atoms with Gasteiger partial charge in [0.1, 0.15) is 5.75 Å². The number of nitrogens with one attached hydrogen (secondary N) is 1. The number of carbonyl (C=O) groups excluding carboxylic acids is 3. The zero-order chi connectivity index (χ0) is 19.8. The molecule has 6 heteroatoms. The van der Waals surface area contributed by atoms with E-state index >= 15 is 0 Å². The topological polar surface area (TPSA) is 81.7 Å². The van der Waals surface area contributed by atoms with E-state index in [9.17, 15) is 14.4 Å². The summed E-state index contributed by atoms with van der Waals surface area (Å²) in [5, 5.41) is 2.70. The maximum absolute atomic E-state index is 12.2. The minimum atomic E-state index is -0.578. The van der Waals surface area contributed by atoms with Gasteiger partial charge in [-0.05, 0) is 62.4 Å². The highest BCUT2D eigenvalue weighted by molar-refractivity contribution is 6.00. The molecule has 0 spiro atoms. The van der Waals surface area contributed by atoms with Gasteiger partial charge in [-0.1, -0.05) is 6.92 Å². The molecule has 27 heavy (non-hydrogen) atoms. The first kappa shape index (κ1) is 20.2. The Morgan fingerprint density at radius 1 is 0.926 bits per heavy atom. The molecule has 0 radical (unpaired) electrons. The Balaban J connectivity index is 1.89. The van der Waals surface area contributed by atoms with Crippen molar-refractivity contribution in [3.8, 4) is 5.75 Å². The average Bonchev–Trinajstić information content (AvgIpc) is 2.66. The third-order valence-corrected chi connectivity index (χ3v) is 3.61. The normalized spacial score (nSPS) is 10.4. The van der Waals surface area contributed by atoms with Gasteiger partial charge in [0.2, 0.25) is 5.91 Å². The van der Waals surface area contributed by atoms with Crippen LogP contribution in [0.3, 0.4) is 0 Å². The summed E-state index contributed by atoms with van der Waals surface area (Å²) in [6.07, 6.45) is 0.420. The number of rotatable bonds is 8. The Labute approximate surface area is 158 Å². The Kier molecular flexibility index (Phi) is 7.11. The van der Waals surface area contributed by atoms with Crippen LogP contribution in [0.2, 0.25) is 0 Å². The summed E-state index contributed by atoms with van der Waals surface area (Å²) >= 11 is 0. The lowest BCUT2D eigenvalue weighted by atomic mass is 10.1. The van der Waals surface area contributed by atoms with Crippen LogP contribution in [-0.2, 0) is 9.53 Å². The highest BCUT2D eigenvalue weighted by atomic mass is 16.5. The van der Waals surface area contributed by atoms with E-state index in [1.165, 1.54) is 0 Å². The number of amides is 1. The molecule has 0 aromatic heterocycles. The van der Waals surface area contributed by atoms with E-state index < -0.39 is 5.97 Å². The van der Waals surface area contributed by atoms with Crippen LogP contribution < -0.4 is 10.1 Å². The van der Waals surface area contributed by atoms with E-state index in [0.29, 0.717) is 29.0 Å². The molecule has 1 amide bonds. The molecule has 2 aromatic rings. The second kappa shape index (κ2) is 9.52. The highest BCUT2D eigenvalue weighted by Crippen LogP contribution is 2.15. The first-order valence-corrected chi connectivity index (χ1v) is 8.76. The van der Waals surface area contributed by atoms with E-state index in [1.807, 2.05) is 13.8 Å². The molecule has 6 nitrogen and oxygen atoms in total. The van der Waals surface area contributed by atoms with Crippen LogP contribution in [-0.4, -0.2) is 30.4 Å². The molecule has 0 bridgehead atoms. The predicted octanol–water partition coefficient (Wildman–Crippen LogP) is 3.86. The standard InChI is InChI=1S/C21H23NO5/c1-4-20(24)22-17-9-5-15(6-10-17)19(23)13-26-21(25)16-7-11-18(12-8-16)27-14(2)3/h5-12,14H,4,13H2,1-3H3,(H,22,24). The van der Waals surface area contributed by atoms with E-state index in [2.05, 4.69) is 5.32 Å². The Morgan fingerprint density at radius 2 is 1.52 bits per heavy atom. The monoisotopic (exact) mass is 369 g/mol. The number of Topliss-reactive ketones (excluding diaryl/α,β-unsaturated/α-hetero) is 1. The molecule has 0 aliphatic rings. The maximum Gasteiger partial charge on any atom is 0.338 e. The summed E-state index contributed by atoms with van der Waals surface area (Å²) in [6, 6.07) is 13.0. The van der Waals surface area contributed by atoms with Crippen LogP contribution in [0, 0.1) is 0 Å². The molecule has 0 aliphatic heterocycles. The molecule has 0 saturated carbocycles. The van der Waals surface area contributed by atoms with Gasteiger partial charge in [-0.2, -0.15) is 0 Å². The molecule has 0 heterocycles. The summed E-state index contributed by atoms with van der Waals surface area (Å²) in [6.45, 7) is 5.23. The van der Waals surface area contributed by atoms with E-state index in [4.69, 9.17) is 9.47 Å². The van der Waals surface area contributed by atoms with E-state index in [0.717, 1.165) is 0 Å². The average molecular weight is 369 g/mol. The van der Waals surface area contributed by atoms with E-state index in [-0.39, 0.29) is 24.4 Å². The van der Waals surface area contributed by atoms with Crippen molar-refractivity contribution in [3.05, 3.63) is 59.7 Å². The van der Waals surface area contributed by atoms with Crippen LogP contribution >= 0.6 is 0 Å². The van der Waals surface area contributed by atoms with Gasteiger partial charge < -0.3 is 14.8 Å². The van der Waals surface area contributed by atoms with Crippen molar-refractivity contribution in [1.29, 1.82) is 0 Å². The molecule has 0 saturated heterocycles. The number of anilines is 1. The number of hydrogen-bond donors (Lipinski definition) is 1. The van der Waals surface area contributed by atoms with Crippen LogP contribution in [0.1, 0.15) is 47.9 Å². The summed E-state index contributed by atoms with van der Waals surface area (Å²) in [5.74, 6) is -0.344. The van der Waals surface area contributed by atoms with E-state index in [1.54, 1.807) is 55.5 Å². The third-order valence-electron chi connectivity index (χ3n) is 3.61. The third kappa shape index (κ3) is 6.26. The quantitative estimate of drug-likeness (QED) is 0.564. The summed E-state index contributed by atoms with van der Waals surface area (Å²) in [7, 11) is 0. The number of hydrogen-bond acceptors (Lipinski definition) is 5. The van der Waals surface area contributed by atoms with Gasteiger partial charge in [0.25, 0.3) is 0 Å². The van der Waals surface area contributed by atoms with Crippen molar-refractivity contribution in [2.75, 3.05) is 11.9 Å². The Bertz CT molecular complexity index is 794. The van der Waals surface area contributed by atoms with Crippen LogP contribution in [0.15, 0.2) is 48.5 Å². The Hall–Kier alpha value is -3.15. The van der Waals surface area contributed by atoms with Crippen LogP contribution in [0.5, 0.6) is 5.75 Å². The Morgan fingerprint density at radius 3 is 2.07 bits per heavy atom. The minimum absolute atomic E-state index is 0.0436. The van der Waals surface area contributed by atoms with Crippen molar-refractivity contribution in [2.45, 2.75) is 33.3 Å². The molecule has 0 atom stereocenters. The second-order valence-corrected chi connectivity index (χ2v) is 6.17. The minimum Gasteiger partial charge on any atom is -0.491 e. The van der Waals surface area contributed by atoms with Gasteiger partial charge in [-0.15, -0.1) is 0 Å². The summed E-state index contributed by atoms with van der Waals surface area (Å²) in [5.41, 5.74) is 1.36. The van der Waals surface area contributed by atoms with Gasteiger partial charge in [-0.3, -0.25) is 9.59 Å². The second-order valence-electron chi connectivity index (χ2n) is 6.17. The molecule has 2 rings (SSSR count). The van der Waals surface area contributed by atoms with Crippen LogP contribution in [0.4, 0.5) is 5.69 Å². The van der Waals surface area contributed by atoms with Gasteiger partial charge in [0, 0.05) is 17.7 Å². The molecule has 0 fully saturated rings. The van der Waals surface area contributed by atoms with Gasteiger partial charge >= 0.3 is 5.97 Å². The highest BCUT2D eigenvalue weighted by Gasteiger charge is 2.12. The van der Waals surface area contributed by atoms with Gasteiger partial charge in [0.05, 0.1) is 11.7 Å². The number of ether oxygens (including phenoxy) is 2. The maximum atomic E-state index is 12.2.